The van der Waals surface area contributed by atoms with Crippen LogP contribution in [0.2, 0.25) is 0 Å². The number of rotatable bonds is 2. The van der Waals surface area contributed by atoms with Gasteiger partial charge in [0.25, 0.3) is 22.4 Å². The Bertz CT molecular complexity index is 921. The van der Waals surface area contributed by atoms with Crippen molar-refractivity contribution < 1.29 is 28.2 Å². The van der Waals surface area contributed by atoms with Crippen LogP contribution in [0.25, 0.3) is 5.76 Å². The Hall–Kier alpha value is -2.92. The smallest absolute Gasteiger partial charge is 0.290 e. The third-order valence-corrected chi connectivity index (χ3v) is 5.99. The number of aliphatic hydroxyl groups excluding tert-OH is 1. The molecule has 0 aromatic carbocycles. The fourth-order valence-electron chi connectivity index (χ4n) is 2.06. The first-order chi connectivity index (χ1) is 11.8. The minimum Gasteiger partial charge on any atom is -0.504 e. The fraction of sp³-hybridized carbons (Fsp3) is 0.0714. The first kappa shape index (κ1) is 18.4. The van der Waals surface area contributed by atoms with Crippen LogP contribution in [0.4, 0.5) is 5.82 Å². The number of carbonyl (C=O) groups is 2. The third kappa shape index (κ3) is 3.46. The van der Waals surface area contributed by atoms with E-state index in [1.165, 1.54) is 19.3 Å². The van der Waals surface area contributed by atoms with Gasteiger partial charge < -0.3 is 15.5 Å². The summed E-state index contributed by atoms with van der Waals surface area (Å²) in [6.45, 7) is -0.250. The maximum Gasteiger partial charge on any atom is 0.290 e. The Morgan fingerprint density at radius 3 is 2.64 bits per heavy atom. The number of carbonyl (C=O) groups excluding carboxylic acids is 1. The number of nitrogens with zero attached hydrogens (tertiary/aromatic N) is 2. The zero-order valence-electron chi connectivity index (χ0n) is 12.8. The van der Waals surface area contributed by atoms with Crippen LogP contribution in [0.5, 0.6) is 0 Å². The summed E-state index contributed by atoms with van der Waals surface area (Å²) in [6, 6.07) is 6.32. The zero-order valence-corrected chi connectivity index (χ0v) is 14.4. The number of amides is 1. The van der Waals surface area contributed by atoms with Gasteiger partial charge in [0.05, 0.1) is 4.88 Å². The van der Waals surface area contributed by atoms with Gasteiger partial charge in [0.1, 0.15) is 10.7 Å². The molecule has 9 nitrogen and oxygen atoms in total. The Balaban J connectivity index is 0.000000701. The SMILES string of the molecule is CN1C(C(=O)Nc2ccccn2)=C(O)c2sccc2S1(=O)=O.O=CO. The summed E-state index contributed by atoms with van der Waals surface area (Å²) in [5.74, 6) is -0.854. The molecule has 1 aliphatic heterocycles. The Kier molecular flexibility index (Phi) is 5.39. The average Bonchev–Trinajstić information content (AvgIpc) is 3.06. The summed E-state index contributed by atoms with van der Waals surface area (Å²) in [7, 11) is -2.63. The molecule has 11 heteroatoms. The molecule has 1 aliphatic rings. The van der Waals surface area contributed by atoms with E-state index in [4.69, 9.17) is 9.90 Å². The van der Waals surface area contributed by atoms with E-state index in [1.807, 2.05) is 0 Å². The van der Waals surface area contributed by atoms with Crippen molar-refractivity contribution in [2.75, 3.05) is 12.4 Å². The maximum atomic E-state index is 12.4. The maximum absolute atomic E-state index is 12.4. The van der Waals surface area contributed by atoms with Gasteiger partial charge in [-0.15, -0.1) is 11.3 Å². The number of aromatic nitrogens is 1. The van der Waals surface area contributed by atoms with Gasteiger partial charge in [-0.3, -0.25) is 13.9 Å². The van der Waals surface area contributed by atoms with Crippen LogP contribution in [0.15, 0.2) is 46.4 Å². The van der Waals surface area contributed by atoms with Crippen LogP contribution in [0.1, 0.15) is 4.88 Å². The highest BCUT2D eigenvalue weighted by Crippen LogP contribution is 2.38. The van der Waals surface area contributed by atoms with Crippen molar-refractivity contribution in [2.24, 2.45) is 0 Å². The number of likely N-dealkylation sites (N-methyl/N-ethyl adjacent to an activating group) is 1. The molecule has 2 aromatic rings. The molecule has 0 saturated carbocycles. The van der Waals surface area contributed by atoms with E-state index in [2.05, 4.69) is 10.3 Å². The van der Waals surface area contributed by atoms with E-state index >= 15 is 0 Å². The van der Waals surface area contributed by atoms with Crippen LogP contribution >= 0.6 is 11.3 Å². The summed E-state index contributed by atoms with van der Waals surface area (Å²) in [4.78, 5) is 24.8. The minimum atomic E-state index is -3.85. The second-order valence-electron chi connectivity index (χ2n) is 4.56. The highest BCUT2D eigenvalue weighted by atomic mass is 32.2. The van der Waals surface area contributed by atoms with Crippen molar-refractivity contribution in [3.05, 3.63) is 46.4 Å². The van der Waals surface area contributed by atoms with Crippen molar-refractivity contribution >= 4 is 45.3 Å². The second kappa shape index (κ2) is 7.32. The summed E-state index contributed by atoms with van der Waals surface area (Å²) in [5, 5.41) is 21.2. The van der Waals surface area contributed by atoms with Crippen molar-refractivity contribution in [1.29, 1.82) is 0 Å². The van der Waals surface area contributed by atoms with Crippen LogP contribution in [-0.2, 0) is 19.6 Å². The lowest BCUT2D eigenvalue weighted by molar-refractivity contribution is -0.122. The quantitative estimate of drug-likeness (QED) is 0.666. The van der Waals surface area contributed by atoms with Crippen LogP contribution < -0.4 is 5.32 Å². The predicted octanol–water partition coefficient (Wildman–Crippen LogP) is 1.34. The summed E-state index contributed by atoms with van der Waals surface area (Å²) in [5.41, 5.74) is -0.333. The summed E-state index contributed by atoms with van der Waals surface area (Å²) in [6.07, 6.45) is 1.49. The standard InChI is InChI=1S/C13H11N3O4S2.CH2O2/c1-16-10(13(18)15-9-4-2-3-6-14-9)11(17)12-8(5-7-21-12)22(16,19)20;2-1-3/h2-7,17H,1H3,(H,14,15,18);1H,(H,2,3). The van der Waals surface area contributed by atoms with E-state index in [1.54, 1.807) is 23.6 Å². The van der Waals surface area contributed by atoms with Gasteiger partial charge in [0.2, 0.25) is 0 Å². The van der Waals surface area contributed by atoms with Gasteiger partial charge in [-0.05, 0) is 23.6 Å². The number of hydrogen-bond donors (Lipinski definition) is 3. The van der Waals surface area contributed by atoms with Crippen LogP contribution in [0, 0.1) is 0 Å². The first-order valence-corrected chi connectivity index (χ1v) is 8.96. The molecule has 0 spiro atoms. The topological polar surface area (TPSA) is 137 Å². The van der Waals surface area contributed by atoms with Gasteiger partial charge in [0.15, 0.2) is 11.5 Å². The molecular formula is C14H13N3O6S2. The molecule has 0 unspecified atom stereocenters. The molecule has 25 heavy (non-hydrogen) atoms. The molecule has 132 valence electrons. The minimum absolute atomic E-state index is 0.00751. The lowest BCUT2D eigenvalue weighted by atomic mass is 10.3. The first-order valence-electron chi connectivity index (χ1n) is 6.64. The van der Waals surface area contributed by atoms with Crippen molar-refractivity contribution in [3.63, 3.8) is 0 Å². The largest absolute Gasteiger partial charge is 0.504 e. The molecule has 0 bridgehead atoms. The Morgan fingerprint density at radius 1 is 1.36 bits per heavy atom. The molecule has 3 N–H and O–H groups in total. The lowest BCUT2D eigenvalue weighted by Crippen LogP contribution is -2.36. The Labute approximate surface area is 146 Å². The van der Waals surface area contributed by atoms with Gasteiger partial charge in [0, 0.05) is 13.2 Å². The molecule has 1 amide bonds. The number of pyridine rings is 1. The normalized spacial score (nSPS) is 14.8. The molecule has 0 atom stereocenters. The molecule has 3 rings (SSSR count). The van der Waals surface area contributed by atoms with Gasteiger partial charge in [-0.2, -0.15) is 0 Å². The van der Waals surface area contributed by atoms with Crippen LogP contribution in [0.3, 0.4) is 0 Å². The van der Waals surface area contributed by atoms with Crippen molar-refractivity contribution in [1.82, 2.24) is 9.29 Å². The van der Waals surface area contributed by atoms with Gasteiger partial charge in [-0.1, -0.05) is 6.07 Å². The summed E-state index contributed by atoms with van der Waals surface area (Å²) >= 11 is 1.06. The number of fused-ring (bicyclic) bond motifs is 1. The molecule has 0 radical (unpaired) electrons. The summed E-state index contributed by atoms with van der Waals surface area (Å²) < 4.78 is 25.5. The molecule has 0 saturated heterocycles. The number of hydrogen-bond acceptors (Lipinski definition) is 7. The number of nitrogens with one attached hydrogen (secondary N) is 1. The van der Waals surface area contributed by atoms with E-state index in [-0.39, 0.29) is 33.5 Å². The van der Waals surface area contributed by atoms with Crippen LogP contribution in [-0.4, -0.2) is 47.3 Å². The highest BCUT2D eigenvalue weighted by molar-refractivity contribution is 7.89. The Morgan fingerprint density at radius 2 is 2.04 bits per heavy atom. The molecular weight excluding hydrogens is 370 g/mol. The van der Waals surface area contributed by atoms with Gasteiger partial charge in [-0.25, -0.2) is 13.4 Å². The number of aliphatic hydroxyl groups is 1. The third-order valence-electron chi connectivity index (χ3n) is 3.14. The molecule has 0 aliphatic carbocycles. The number of sulfonamides is 1. The predicted molar refractivity (Wildman–Crippen MR) is 90.4 cm³/mol. The molecule has 0 fully saturated rings. The van der Waals surface area contributed by atoms with Gasteiger partial charge >= 0.3 is 0 Å². The van der Waals surface area contributed by atoms with E-state index < -0.39 is 15.9 Å². The number of thiophene rings is 1. The van der Waals surface area contributed by atoms with Crippen molar-refractivity contribution in [2.45, 2.75) is 4.90 Å². The van der Waals surface area contributed by atoms with E-state index in [0.29, 0.717) is 0 Å². The average molecular weight is 383 g/mol. The zero-order chi connectivity index (χ0) is 18.6. The molecule has 3 heterocycles. The molecule has 2 aromatic heterocycles. The van der Waals surface area contributed by atoms with E-state index in [9.17, 15) is 18.3 Å². The van der Waals surface area contributed by atoms with E-state index in [0.717, 1.165) is 15.6 Å². The second-order valence-corrected chi connectivity index (χ2v) is 7.41. The lowest BCUT2D eigenvalue weighted by Gasteiger charge is -2.26. The monoisotopic (exact) mass is 383 g/mol. The van der Waals surface area contributed by atoms with Crippen molar-refractivity contribution in [3.8, 4) is 0 Å². The number of carboxylic acid groups (broad SMARTS) is 1. The highest BCUT2D eigenvalue weighted by Gasteiger charge is 2.38. The fourth-order valence-corrected chi connectivity index (χ4v) is 4.62. The number of anilines is 1.